The van der Waals surface area contributed by atoms with Gasteiger partial charge in [-0.1, -0.05) is 25.7 Å². The van der Waals surface area contributed by atoms with Crippen LogP contribution in [0.3, 0.4) is 0 Å². The van der Waals surface area contributed by atoms with E-state index in [1.165, 1.54) is 38.5 Å². The highest BCUT2D eigenvalue weighted by Crippen LogP contribution is 2.25. The number of nitrogens with zero attached hydrogens (tertiary/aromatic N) is 2. The van der Waals surface area contributed by atoms with Gasteiger partial charge in [0.1, 0.15) is 5.75 Å². The van der Waals surface area contributed by atoms with E-state index in [0.717, 1.165) is 29.5 Å². The number of hydrogen-bond donors (Lipinski definition) is 0. The Morgan fingerprint density at radius 1 is 1.13 bits per heavy atom. The fourth-order valence-electron chi connectivity index (χ4n) is 3.31. The van der Waals surface area contributed by atoms with Crippen LogP contribution in [0.15, 0.2) is 34.9 Å². The molecule has 0 N–H and O–H groups in total. The van der Waals surface area contributed by atoms with Crippen LogP contribution >= 0.6 is 0 Å². The van der Waals surface area contributed by atoms with Crippen LogP contribution in [0, 0.1) is 0 Å². The van der Waals surface area contributed by atoms with Crippen LogP contribution in [-0.4, -0.2) is 30.1 Å². The van der Waals surface area contributed by atoms with Crippen molar-refractivity contribution in [2.24, 2.45) is 0 Å². The first kappa shape index (κ1) is 16.1. The lowest BCUT2D eigenvalue weighted by Crippen LogP contribution is -2.30. The van der Waals surface area contributed by atoms with Crippen molar-refractivity contribution in [3.8, 4) is 17.1 Å². The van der Waals surface area contributed by atoms with Gasteiger partial charge in [-0.05, 0) is 44.2 Å². The van der Waals surface area contributed by atoms with E-state index in [1.807, 2.05) is 30.5 Å². The number of ether oxygens (including phenoxy) is 1. The summed E-state index contributed by atoms with van der Waals surface area (Å²) in [5.74, 6) is 2.46. The molecule has 1 saturated carbocycles. The molecule has 2 aromatic rings. The van der Waals surface area contributed by atoms with Crippen LogP contribution in [0.4, 0.5) is 0 Å². The van der Waals surface area contributed by atoms with Crippen molar-refractivity contribution in [3.05, 3.63) is 36.4 Å². The zero-order chi connectivity index (χ0) is 16.1. The van der Waals surface area contributed by atoms with E-state index in [1.54, 1.807) is 7.11 Å². The fraction of sp³-hybridized carbons (Fsp3) is 0.526. The maximum Gasteiger partial charge on any atom is 0.209 e. The number of methoxy groups -OCH3 is 1. The van der Waals surface area contributed by atoms with Gasteiger partial charge in [0.15, 0.2) is 5.76 Å². The first-order valence-electron chi connectivity index (χ1n) is 8.55. The first-order chi connectivity index (χ1) is 11.3. The van der Waals surface area contributed by atoms with Crippen molar-refractivity contribution in [3.63, 3.8) is 0 Å². The third-order valence-corrected chi connectivity index (χ3v) is 4.76. The molecular weight excluding hydrogens is 288 g/mol. The van der Waals surface area contributed by atoms with Gasteiger partial charge in [0.2, 0.25) is 5.89 Å². The van der Waals surface area contributed by atoms with Crippen molar-refractivity contribution in [2.75, 3.05) is 14.2 Å². The largest absolute Gasteiger partial charge is 0.497 e. The molecule has 0 bridgehead atoms. The summed E-state index contributed by atoms with van der Waals surface area (Å²) in [6.07, 6.45) is 9.86. The molecule has 0 spiro atoms. The van der Waals surface area contributed by atoms with E-state index in [-0.39, 0.29) is 0 Å². The molecule has 3 rings (SSSR count). The van der Waals surface area contributed by atoms with Gasteiger partial charge >= 0.3 is 0 Å². The van der Waals surface area contributed by atoms with Gasteiger partial charge in [-0.25, -0.2) is 4.98 Å². The predicted octanol–water partition coefficient (Wildman–Crippen LogP) is 4.50. The van der Waals surface area contributed by atoms with E-state index in [2.05, 4.69) is 16.9 Å². The molecule has 0 saturated heterocycles. The highest BCUT2D eigenvalue weighted by Gasteiger charge is 2.18. The van der Waals surface area contributed by atoms with Crippen molar-refractivity contribution >= 4 is 0 Å². The Morgan fingerprint density at radius 2 is 1.83 bits per heavy atom. The van der Waals surface area contributed by atoms with E-state index in [4.69, 9.17) is 9.15 Å². The summed E-state index contributed by atoms with van der Waals surface area (Å²) in [7, 11) is 3.86. The highest BCUT2D eigenvalue weighted by molar-refractivity contribution is 5.57. The van der Waals surface area contributed by atoms with Crippen molar-refractivity contribution in [2.45, 2.75) is 51.1 Å². The summed E-state index contributed by atoms with van der Waals surface area (Å²) < 4.78 is 11.1. The van der Waals surface area contributed by atoms with Gasteiger partial charge in [0.25, 0.3) is 0 Å². The Kier molecular flexibility index (Phi) is 5.34. The molecular formula is C19H26N2O2. The summed E-state index contributed by atoms with van der Waals surface area (Å²) in [4.78, 5) is 6.85. The molecule has 1 aliphatic carbocycles. The number of aromatic nitrogens is 1. The summed E-state index contributed by atoms with van der Waals surface area (Å²) in [6.45, 7) is 0.779. The summed E-state index contributed by atoms with van der Waals surface area (Å²) in [5, 5.41) is 0. The third-order valence-electron chi connectivity index (χ3n) is 4.76. The first-order valence-corrected chi connectivity index (χ1v) is 8.55. The highest BCUT2D eigenvalue weighted by atomic mass is 16.5. The minimum atomic E-state index is 0.661. The summed E-state index contributed by atoms with van der Waals surface area (Å²) >= 11 is 0. The molecule has 1 heterocycles. The van der Waals surface area contributed by atoms with Crippen LogP contribution in [0.2, 0.25) is 0 Å². The van der Waals surface area contributed by atoms with Gasteiger partial charge in [-0.3, -0.25) is 4.90 Å². The lowest BCUT2D eigenvalue weighted by molar-refractivity contribution is 0.195. The topological polar surface area (TPSA) is 38.5 Å². The Bertz CT molecular complexity index is 598. The molecule has 0 radical (unpaired) electrons. The second kappa shape index (κ2) is 7.64. The number of rotatable bonds is 5. The average molecular weight is 314 g/mol. The smallest absolute Gasteiger partial charge is 0.209 e. The Balaban J connectivity index is 1.63. The zero-order valence-electron chi connectivity index (χ0n) is 14.1. The SMILES string of the molecule is COc1ccc(-c2cnc(CN(C)C3CCCCCC3)o2)cc1. The van der Waals surface area contributed by atoms with Crippen LogP contribution in [0.1, 0.15) is 44.4 Å². The molecule has 4 heteroatoms. The van der Waals surface area contributed by atoms with Crippen LogP contribution in [-0.2, 0) is 6.54 Å². The maximum atomic E-state index is 5.94. The molecule has 4 nitrogen and oxygen atoms in total. The standard InChI is InChI=1S/C19H26N2O2/c1-21(16-7-5-3-4-6-8-16)14-19-20-13-18(23-19)15-9-11-17(22-2)12-10-15/h9-13,16H,3-8,14H2,1-2H3. The second-order valence-electron chi connectivity index (χ2n) is 6.41. The Labute approximate surface area is 138 Å². The molecule has 0 aliphatic heterocycles. The Morgan fingerprint density at radius 3 is 2.48 bits per heavy atom. The van der Waals surface area contributed by atoms with Gasteiger partial charge < -0.3 is 9.15 Å². The third kappa shape index (κ3) is 4.14. The van der Waals surface area contributed by atoms with Crippen LogP contribution < -0.4 is 4.74 Å². The molecule has 1 aromatic heterocycles. The van der Waals surface area contributed by atoms with E-state index in [0.29, 0.717) is 6.04 Å². The van der Waals surface area contributed by atoms with Gasteiger partial charge in [0.05, 0.1) is 19.9 Å². The minimum Gasteiger partial charge on any atom is -0.497 e. The maximum absolute atomic E-state index is 5.94. The predicted molar refractivity (Wildman–Crippen MR) is 91.4 cm³/mol. The zero-order valence-corrected chi connectivity index (χ0v) is 14.1. The molecule has 1 aliphatic rings. The normalized spacial score (nSPS) is 16.5. The molecule has 0 atom stereocenters. The van der Waals surface area contributed by atoms with Crippen LogP contribution in [0.5, 0.6) is 5.75 Å². The molecule has 0 unspecified atom stereocenters. The molecule has 1 aromatic carbocycles. The average Bonchev–Trinajstić information content (AvgIpc) is 2.87. The number of oxazole rings is 1. The van der Waals surface area contributed by atoms with Crippen molar-refractivity contribution in [1.29, 1.82) is 0 Å². The van der Waals surface area contributed by atoms with E-state index >= 15 is 0 Å². The second-order valence-corrected chi connectivity index (χ2v) is 6.41. The molecule has 0 amide bonds. The Hall–Kier alpha value is -1.81. The lowest BCUT2D eigenvalue weighted by Gasteiger charge is -2.25. The molecule has 1 fully saturated rings. The molecule has 23 heavy (non-hydrogen) atoms. The van der Waals surface area contributed by atoms with Gasteiger partial charge in [-0.15, -0.1) is 0 Å². The minimum absolute atomic E-state index is 0.661. The fourth-order valence-corrected chi connectivity index (χ4v) is 3.31. The number of benzene rings is 1. The summed E-state index contributed by atoms with van der Waals surface area (Å²) in [6, 6.07) is 8.54. The summed E-state index contributed by atoms with van der Waals surface area (Å²) in [5.41, 5.74) is 1.03. The van der Waals surface area contributed by atoms with Crippen molar-refractivity contribution in [1.82, 2.24) is 9.88 Å². The lowest BCUT2D eigenvalue weighted by atomic mass is 10.1. The monoisotopic (exact) mass is 314 g/mol. The van der Waals surface area contributed by atoms with E-state index in [9.17, 15) is 0 Å². The van der Waals surface area contributed by atoms with Crippen LogP contribution in [0.25, 0.3) is 11.3 Å². The van der Waals surface area contributed by atoms with Crippen molar-refractivity contribution < 1.29 is 9.15 Å². The quantitative estimate of drug-likeness (QED) is 0.761. The van der Waals surface area contributed by atoms with E-state index < -0.39 is 0 Å². The van der Waals surface area contributed by atoms with Gasteiger partial charge in [-0.2, -0.15) is 0 Å². The van der Waals surface area contributed by atoms with Gasteiger partial charge in [0, 0.05) is 11.6 Å². The molecule has 124 valence electrons. The number of hydrogen-bond acceptors (Lipinski definition) is 4.